The maximum atomic E-state index is 11.0. The van der Waals surface area contributed by atoms with E-state index in [0.717, 1.165) is 22.3 Å². The molecule has 0 fully saturated rings. The first-order valence-corrected chi connectivity index (χ1v) is 11.6. The number of pyridine rings is 2. The molecule has 27 heavy (non-hydrogen) atoms. The molecule has 1 aliphatic rings. The van der Waals surface area contributed by atoms with Crippen molar-refractivity contribution in [2.75, 3.05) is 11.5 Å². The lowest BCUT2D eigenvalue weighted by molar-refractivity contribution is -0.693. The average molecular weight is 415 g/mol. The van der Waals surface area contributed by atoms with Crippen LogP contribution in [0.3, 0.4) is 0 Å². The Kier molecular flexibility index (Phi) is 4.87. The quantitative estimate of drug-likeness (QED) is 0.520. The summed E-state index contributed by atoms with van der Waals surface area (Å²) in [6.07, 6.45) is 7.30. The van der Waals surface area contributed by atoms with Crippen molar-refractivity contribution in [2.24, 2.45) is 0 Å². The van der Waals surface area contributed by atoms with E-state index >= 15 is 0 Å². The molecule has 10 heteroatoms. The predicted octanol–water partition coefficient (Wildman–Crippen LogP) is 0.344. The average Bonchev–Trinajstić information content (AvgIpc) is 2.77. The topological polar surface area (TPSA) is 117 Å². The van der Waals surface area contributed by atoms with Gasteiger partial charge in [0, 0.05) is 28.7 Å². The van der Waals surface area contributed by atoms with E-state index in [1.807, 2.05) is 38.4 Å². The van der Waals surface area contributed by atoms with E-state index < -0.39 is 20.2 Å². The molecule has 0 unspecified atom stereocenters. The Morgan fingerprint density at radius 3 is 1.52 bits per heavy atom. The summed E-state index contributed by atoms with van der Waals surface area (Å²) in [5, 5.41) is 0. The number of nitrogens with zero attached hydrogens (tertiary/aromatic N) is 2. The first-order chi connectivity index (χ1) is 12.4. The molecule has 0 saturated heterocycles. The predicted molar refractivity (Wildman–Crippen MR) is 97.2 cm³/mol. The van der Waals surface area contributed by atoms with E-state index in [-0.39, 0.29) is 30.0 Å². The Bertz CT molecular complexity index is 1020. The lowest BCUT2D eigenvalue weighted by Gasteiger charge is -2.18. The molecular weight excluding hydrogens is 392 g/mol. The van der Waals surface area contributed by atoms with Crippen LogP contribution in [0.5, 0.6) is 0 Å². The van der Waals surface area contributed by atoms with Crippen LogP contribution in [0, 0.1) is 0 Å². The summed E-state index contributed by atoms with van der Waals surface area (Å²) >= 11 is 0. The minimum absolute atomic E-state index is 0.146. The second-order valence-electron chi connectivity index (χ2n) is 7.22. The van der Waals surface area contributed by atoms with Gasteiger partial charge in [-0.1, -0.05) is 13.8 Å². The fraction of sp³-hybridized carbons (Fsp3) is 0.412. The third-order valence-electron chi connectivity index (χ3n) is 4.89. The summed E-state index contributed by atoms with van der Waals surface area (Å²) in [7, 11) is -8.07. The van der Waals surface area contributed by atoms with Gasteiger partial charge >= 0.3 is 0 Å². The van der Waals surface area contributed by atoms with Gasteiger partial charge in [-0.25, -0.2) is 9.13 Å². The van der Waals surface area contributed by atoms with Gasteiger partial charge < -0.3 is 0 Å². The molecule has 0 spiro atoms. The lowest BCUT2D eigenvalue weighted by Crippen LogP contribution is -2.39. The molecule has 8 nitrogen and oxygen atoms in total. The third kappa shape index (κ3) is 4.34. The summed E-state index contributed by atoms with van der Waals surface area (Å²) in [6, 6.07) is 3.82. The largest absolute Gasteiger partial charge is 0.285 e. The summed E-state index contributed by atoms with van der Waals surface area (Å²) in [5.41, 5.74) is 3.72. The van der Waals surface area contributed by atoms with Crippen LogP contribution in [-0.4, -0.2) is 37.4 Å². The second-order valence-corrected chi connectivity index (χ2v) is 10.4. The van der Waals surface area contributed by atoms with Gasteiger partial charge in [0.25, 0.3) is 20.2 Å². The van der Waals surface area contributed by atoms with E-state index in [9.17, 15) is 16.8 Å². The van der Waals surface area contributed by atoms with E-state index in [4.69, 9.17) is 9.11 Å². The van der Waals surface area contributed by atoms with Crippen LogP contribution in [0.2, 0.25) is 0 Å². The van der Waals surface area contributed by atoms with Crippen LogP contribution in [0.15, 0.2) is 36.9 Å². The highest BCUT2D eigenvalue weighted by molar-refractivity contribution is 7.86. The maximum absolute atomic E-state index is 11.0. The Morgan fingerprint density at radius 1 is 0.815 bits per heavy atom. The van der Waals surface area contributed by atoms with Crippen molar-refractivity contribution in [1.29, 1.82) is 0 Å². The number of rotatable bonds is 6. The number of aromatic nitrogens is 2. The zero-order valence-electron chi connectivity index (χ0n) is 15.0. The van der Waals surface area contributed by atoms with Gasteiger partial charge in [-0.05, 0) is 11.1 Å². The van der Waals surface area contributed by atoms with Crippen LogP contribution in [0.25, 0.3) is 11.1 Å². The molecule has 0 atom stereocenters. The maximum Gasteiger partial charge on any atom is 0.271 e. The van der Waals surface area contributed by atoms with E-state index in [1.165, 1.54) is 0 Å². The molecular formula is C17H22N2O6S2+2. The number of fused-ring (bicyclic) bond motifs is 3. The van der Waals surface area contributed by atoms with Crippen molar-refractivity contribution in [3.8, 4) is 11.1 Å². The molecule has 0 amide bonds. The summed E-state index contributed by atoms with van der Waals surface area (Å²) in [6.45, 7) is 4.37. The molecule has 2 heterocycles. The van der Waals surface area contributed by atoms with Gasteiger partial charge in [0.15, 0.2) is 37.9 Å². The van der Waals surface area contributed by atoms with Crippen LogP contribution in [-0.2, 0) is 38.7 Å². The molecule has 0 radical (unpaired) electrons. The molecule has 1 aliphatic carbocycles. The normalized spacial score (nSPS) is 15.4. The molecule has 0 aliphatic heterocycles. The Hall–Kier alpha value is -1.88. The van der Waals surface area contributed by atoms with Gasteiger partial charge in [-0.15, -0.1) is 0 Å². The van der Waals surface area contributed by atoms with Gasteiger partial charge in [0.1, 0.15) is 11.5 Å². The molecule has 2 aromatic rings. The van der Waals surface area contributed by atoms with Crippen molar-refractivity contribution in [3.05, 3.63) is 48.0 Å². The highest BCUT2D eigenvalue weighted by Gasteiger charge is 2.40. The van der Waals surface area contributed by atoms with Gasteiger partial charge in [-0.3, -0.25) is 9.11 Å². The van der Waals surface area contributed by atoms with Crippen LogP contribution < -0.4 is 9.13 Å². The molecule has 0 aromatic carbocycles. The Balaban J connectivity index is 1.94. The van der Waals surface area contributed by atoms with E-state index in [2.05, 4.69) is 0 Å². The van der Waals surface area contributed by atoms with Gasteiger partial charge in [0.05, 0.1) is 0 Å². The minimum Gasteiger partial charge on any atom is -0.285 e. The van der Waals surface area contributed by atoms with Crippen molar-refractivity contribution < 1.29 is 35.1 Å². The van der Waals surface area contributed by atoms with Crippen LogP contribution >= 0.6 is 0 Å². The number of hydrogen-bond donors (Lipinski definition) is 2. The molecule has 2 N–H and O–H groups in total. The standard InChI is InChI=1S/C17H20N2O6S2/c1-17(2)15-11-18(7-9-26(20,21)22)5-3-13(15)14-4-6-19(12-16(14)17)8-10-27(23,24)25/h3-6,11-12H,7-10H2,1-2H3/p+2. The zero-order valence-corrected chi connectivity index (χ0v) is 16.7. The highest BCUT2D eigenvalue weighted by atomic mass is 32.2. The fourth-order valence-corrected chi connectivity index (χ4v) is 4.29. The second kappa shape index (κ2) is 6.62. The third-order valence-corrected chi connectivity index (χ3v) is 6.28. The fourth-order valence-electron chi connectivity index (χ4n) is 3.41. The smallest absolute Gasteiger partial charge is 0.271 e. The molecule has 146 valence electrons. The van der Waals surface area contributed by atoms with E-state index in [1.54, 1.807) is 21.5 Å². The SMILES string of the molecule is CC1(C)c2c[n+](CCS(=O)(=O)O)ccc2-c2cc[n+](CCS(=O)(=O)O)cc21. The summed E-state index contributed by atoms with van der Waals surface area (Å²) in [4.78, 5) is 0. The zero-order chi connectivity index (χ0) is 20.0. The van der Waals surface area contributed by atoms with E-state index in [0.29, 0.717) is 0 Å². The molecule has 0 saturated carbocycles. The lowest BCUT2D eigenvalue weighted by atomic mass is 9.84. The van der Waals surface area contributed by atoms with Gasteiger partial charge in [-0.2, -0.15) is 16.8 Å². The first-order valence-electron chi connectivity index (χ1n) is 8.35. The highest BCUT2D eigenvalue weighted by Crippen LogP contribution is 2.47. The first kappa shape index (κ1) is 19.9. The molecule has 2 aromatic heterocycles. The molecule has 3 rings (SSSR count). The number of hydrogen-bond acceptors (Lipinski definition) is 4. The van der Waals surface area contributed by atoms with Crippen molar-refractivity contribution in [1.82, 2.24) is 0 Å². The summed E-state index contributed by atoms with van der Waals surface area (Å²) in [5.74, 6) is -0.723. The van der Waals surface area contributed by atoms with Crippen LogP contribution in [0.1, 0.15) is 25.0 Å². The van der Waals surface area contributed by atoms with Crippen LogP contribution in [0.4, 0.5) is 0 Å². The van der Waals surface area contributed by atoms with Crippen molar-refractivity contribution in [3.63, 3.8) is 0 Å². The Labute approximate surface area is 158 Å². The summed E-state index contributed by atoms with van der Waals surface area (Å²) < 4.78 is 65.3. The van der Waals surface area contributed by atoms with Gasteiger partial charge in [0.2, 0.25) is 0 Å². The Morgan fingerprint density at radius 2 is 1.19 bits per heavy atom. The monoisotopic (exact) mass is 414 g/mol. The number of aryl methyl sites for hydroxylation is 2. The van der Waals surface area contributed by atoms with Crippen molar-refractivity contribution in [2.45, 2.75) is 32.4 Å². The van der Waals surface area contributed by atoms with Crippen molar-refractivity contribution >= 4 is 20.2 Å². The minimum atomic E-state index is -4.04. The molecule has 0 bridgehead atoms.